The molecule has 8 heteroatoms. The van der Waals surface area contributed by atoms with Crippen LogP contribution < -0.4 is 5.32 Å². The van der Waals surface area contributed by atoms with Crippen LogP contribution >= 0.6 is 11.6 Å². The number of benzene rings is 1. The van der Waals surface area contributed by atoms with Crippen LogP contribution in [-0.4, -0.2) is 50.2 Å². The van der Waals surface area contributed by atoms with Gasteiger partial charge in [0.05, 0.1) is 5.75 Å². The van der Waals surface area contributed by atoms with Crippen LogP contribution in [0.2, 0.25) is 5.15 Å². The average molecular weight is 424 g/mol. The van der Waals surface area contributed by atoms with Gasteiger partial charge in [-0.15, -0.1) is 0 Å². The molecule has 1 aromatic heterocycles. The van der Waals surface area contributed by atoms with Crippen molar-refractivity contribution in [2.24, 2.45) is 5.41 Å². The summed E-state index contributed by atoms with van der Waals surface area (Å²) >= 11 is 6.44. The van der Waals surface area contributed by atoms with Gasteiger partial charge in [0.2, 0.25) is 0 Å². The first kappa shape index (κ1) is 21.0. The normalized spacial score (nSPS) is 16.7. The second kappa shape index (κ2) is 8.76. The Morgan fingerprint density at radius 2 is 1.86 bits per heavy atom. The molecule has 6 nitrogen and oxygen atoms in total. The Balaban J connectivity index is 1.90. The predicted molar refractivity (Wildman–Crippen MR) is 113 cm³/mol. The molecule has 0 amide bonds. The summed E-state index contributed by atoms with van der Waals surface area (Å²) in [7, 11) is -3.12. The Kier molecular flexibility index (Phi) is 6.58. The molecule has 1 aliphatic heterocycles. The van der Waals surface area contributed by atoms with Crippen LogP contribution in [0.1, 0.15) is 25.3 Å². The molecular formula is C20H26ClN3O3S. The van der Waals surface area contributed by atoms with E-state index in [0.29, 0.717) is 55.8 Å². The molecule has 1 aromatic carbocycles. The lowest BCUT2D eigenvalue weighted by Crippen LogP contribution is -2.41. The smallest absolute Gasteiger partial charge is 0.163 e. The third-order valence-electron chi connectivity index (χ3n) is 5.09. The van der Waals surface area contributed by atoms with Crippen LogP contribution in [0.25, 0.3) is 11.4 Å². The third-order valence-corrected chi connectivity index (χ3v) is 6.54. The molecular weight excluding hydrogens is 398 g/mol. The molecule has 3 rings (SSSR count). The third kappa shape index (κ3) is 5.21. The van der Waals surface area contributed by atoms with Gasteiger partial charge in [0.1, 0.15) is 20.8 Å². The number of rotatable bonds is 7. The fourth-order valence-electron chi connectivity index (χ4n) is 3.64. The number of ether oxygens (including phenoxy) is 1. The topological polar surface area (TPSA) is 81.2 Å². The molecule has 0 radical (unpaired) electrons. The molecule has 1 saturated heterocycles. The molecule has 0 aliphatic carbocycles. The van der Waals surface area contributed by atoms with Gasteiger partial charge < -0.3 is 10.1 Å². The second-order valence-electron chi connectivity index (χ2n) is 7.42. The minimum Gasteiger partial charge on any atom is -0.381 e. The highest BCUT2D eigenvalue weighted by Gasteiger charge is 2.36. The van der Waals surface area contributed by atoms with Gasteiger partial charge in [-0.05, 0) is 19.3 Å². The van der Waals surface area contributed by atoms with Gasteiger partial charge in [-0.25, -0.2) is 18.4 Å². The minimum atomic E-state index is -3.12. The molecule has 152 valence electrons. The average Bonchev–Trinajstić information content (AvgIpc) is 2.66. The van der Waals surface area contributed by atoms with Crippen molar-refractivity contribution in [2.75, 3.05) is 37.1 Å². The Hall–Kier alpha value is -1.70. The van der Waals surface area contributed by atoms with E-state index >= 15 is 0 Å². The lowest BCUT2D eigenvalue weighted by atomic mass is 9.82. The number of hydrogen-bond acceptors (Lipinski definition) is 6. The second-order valence-corrected chi connectivity index (χ2v) is 9.92. The molecule has 1 aliphatic rings. The molecule has 2 heterocycles. The highest BCUT2D eigenvalue weighted by molar-refractivity contribution is 7.90. The molecule has 0 atom stereocenters. The maximum atomic E-state index is 12.0. The summed E-state index contributed by atoms with van der Waals surface area (Å²) < 4.78 is 29.5. The molecule has 0 saturated carbocycles. The van der Waals surface area contributed by atoms with E-state index in [2.05, 4.69) is 10.3 Å². The van der Waals surface area contributed by atoms with E-state index in [4.69, 9.17) is 21.3 Å². The molecule has 1 N–H and O–H groups in total. The standard InChI is InChI=1S/C20H26ClN3O3S/c1-3-16-17(21)23-18(15-7-5-4-6-8-15)24-19(16)22-13-20(14-28(2,25)26)9-11-27-12-10-20/h4-8H,3,9-14H2,1-2H3,(H,22,23,24). The summed E-state index contributed by atoms with van der Waals surface area (Å²) in [6.07, 6.45) is 3.35. The zero-order valence-corrected chi connectivity index (χ0v) is 17.8. The van der Waals surface area contributed by atoms with Crippen molar-refractivity contribution in [3.05, 3.63) is 41.0 Å². The van der Waals surface area contributed by atoms with E-state index in [1.807, 2.05) is 37.3 Å². The van der Waals surface area contributed by atoms with Crippen molar-refractivity contribution in [1.82, 2.24) is 9.97 Å². The Morgan fingerprint density at radius 1 is 1.18 bits per heavy atom. The van der Waals surface area contributed by atoms with Crippen molar-refractivity contribution < 1.29 is 13.2 Å². The van der Waals surface area contributed by atoms with E-state index in [1.165, 1.54) is 6.26 Å². The summed E-state index contributed by atoms with van der Waals surface area (Å²) in [5.41, 5.74) is 1.34. The molecule has 28 heavy (non-hydrogen) atoms. The number of nitrogens with zero attached hydrogens (tertiary/aromatic N) is 2. The van der Waals surface area contributed by atoms with Crippen molar-refractivity contribution in [3.8, 4) is 11.4 Å². The van der Waals surface area contributed by atoms with Gasteiger partial charge >= 0.3 is 0 Å². The number of sulfone groups is 1. The van der Waals surface area contributed by atoms with Gasteiger partial charge in [-0.2, -0.15) is 0 Å². The van der Waals surface area contributed by atoms with E-state index in [0.717, 1.165) is 11.1 Å². The van der Waals surface area contributed by atoms with Gasteiger partial charge in [0, 0.05) is 42.6 Å². The first-order valence-corrected chi connectivity index (χ1v) is 11.9. The summed E-state index contributed by atoms with van der Waals surface area (Å²) in [5, 5.41) is 3.81. The molecule has 0 spiro atoms. The zero-order chi connectivity index (χ0) is 20.2. The van der Waals surface area contributed by atoms with Gasteiger partial charge in [-0.1, -0.05) is 48.9 Å². The maximum Gasteiger partial charge on any atom is 0.163 e. The van der Waals surface area contributed by atoms with Crippen molar-refractivity contribution in [2.45, 2.75) is 26.2 Å². The monoisotopic (exact) mass is 423 g/mol. The first-order chi connectivity index (χ1) is 13.3. The summed E-state index contributed by atoms with van der Waals surface area (Å²) in [6, 6.07) is 9.66. The van der Waals surface area contributed by atoms with Crippen LogP contribution in [0.5, 0.6) is 0 Å². The Labute approximate surface area is 171 Å². The number of hydrogen-bond donors (Lipinski definition) is 1. The number of anilines is 1. The van der Waals surface area contributed by atoms with Crippen LogP contribution in [0, 0.1) is 5.41 Å². The summed E-state index contributed by atoms with van der Waals surface area (Å²) in [6.45, 7) is 3.63. The van der Waals surface area contributed by atoms with Crippen LogP contribution in [0.15, 0.2) is 30.3 Å². The number of aromatic nitrogens is 2. The van der Waals surface area contributed by atoms with Crippen LogP contribution in [0.3, 0.4) is 0 Å². The fraction of sp³-hybridized carbons (Fsp3) is 0.500. The largest absolute Gasteiger partial charge is 0.381 e. The van der Waals surface area contributed by atoms with Crippen molar-refractivity contribution in [3.63, 3.8) is 0 Å². The number of halogens is 1. The minimum absolute atomic E-state index is 0.127. The van der Waals surface area contributed by atoms with Crippen LogP contribution in [0.4, 0.5) is 5.82 Å². The van der Waals surface area contributed by atoms with E-state index in [9.17, 15) is 8.42 Å². The maximum absolute atomic E-state index is 12.0. The molecule has 2 aromatic rings. The quantitative estimate of drug-likeness (QED) is 0.685. The van der Waals surface area contributed by atoms with E-state index < -0.39 is 9.84 Å². The SMILES string of the molecule is CCc1c(Cl)nc(-c2ccccc2)nc1NCC1(CS(C)(=O)=O)CCOCC1. The Morgan fingerprint density at radius 3 is 2.46 bits per heavy atom. The summed E-state index contributed by atoms with van der Waals surface area (Å²) in [4.78, 5) is 9.14. The van der Waals surface area contributed by atoms with Crippen molar-refractivity contribution >= 4 is 27.3 Å². The van der Waals surface area contributed by atoms with Crippen molar-refractivity contribution in [1.29, 1.82) is 0 Å². The van der Waals surface area contributed by atoms with E-state index in [1.54, 1.807) is 0 Å². The fourth-order valence-corrected chi connectivity index (χ4v) is 5.44. The van der Waals surface area contributed by atoms with Gasteiger partial charge in [-0.3, -0.25) is 0 Å². The predicted octanol–water partition coefficient (Wildman–Crippen LogP) is 3.61. The molecule has 0 unspecified atom stereocenters. The lowest BCUT2D eigenvalue weighted by Gasteiger charge is -2.37. The van der Waals surface area contributed by atoms with Crippen LogP contribution in [-0.2, 0) is 21.0 Å². The van der Waals surface area contributed by atoms with Gasteiger partial charge in [0.25, 0.3) is 0 Å². The first-order valence-electron chi connectivity index (χ1n) is 9.43. The highest BCUT2D eigenvalue weighted by atomic mass is 35.5. The van der Waals surface area contributed by atoms with E-state index in [-0.39, 0.29) is 11.2 Å². The summed E-state index contributed by atoms with van der Waals surface area (Å²) in [5.74, 6) is 1.34. The molecule has 1 fully saturated rings. The number of nitrogens with one attached hydrogen (secondary N) is 1. The highest BCUT2D eigenvalue weighted by Crippen LogP contribution is 2.34. The van der Waals surface area contributed by atoms with Gasteiger partial charge in [0.15, 0.2) is 5.82 Å². The molecule has 0 bridgehead atoms. The Bertz CT molecular complexity index is 914. The lowest BCUT2D eigenvalue weighted by molar-refractivity contribution is 0.0315. The zero-order valence-electron chi connectivity index (χ0n) is 16.2.